The lowest BCUT2D eigenvalue weighted by atomic mass is 9.86. The lowest BCUT2D eigenvalue weighted by Crippen LogP contribution is -2.10. The highest BCUT2D eigenvalue weighted by atomic mass is 32.1. The number of hydrogen-bond donors (Lipinski definition) is 0. The van der Waals surface area contributed by atoms with E-state index in [1.165, 1.54) is 125 Å². The molecule has 342 valence electrons. The van der Waals surface area contributed by atoms with Crippen LogP contribution in [0.15, 0.2) is 218 Å². The molecule has 3 heteroatoms. The van der Waals surface area contributed by atoms with Crippen LogP contribution < -0.4 is 0 Å². The van der Waals surface area contributed by atoms with Gasteiger partial charge in [0.2, 0.25) is 0 Å². The second-order valence-corrected chi connectivity index (χ2v) is 22.5. The van der Waals surface area contributed by atoms with Crippen molar-refractivity contribution in [2.24, 2.45) is 0 Å². The largest absolute Gasteiger partial charge is 0.309 e. The molecule has 0 aliphatic carbocycles. The van der Waals surface area contributed by atoms with Crippen molar-refractivity contribution < 1.29 is 0 Å². The summed E-state index contributed by atoms with van der Waals surface area (Å²) in [6.45, 7) is 13.7. The van der Waals surface area contributed by atoms with Crippen LogP contribution in [0.2, 0.25) is 0 Å². The highest BCUT2D eigenvalue weighted by Gasteiger charge is 2.20. The van der Waals surface area contributed by atoms with E-state index in [1.54, 1.807) is 0 Å². The van der Waals surface area contributed by atoms with Crippen molar-refractivity contribution in [3.8, 4) is 55.9 Å². The van der Waals surface area contributed by atoms with Crippen LogP contribution in [0.25, 0.3) is 120 Å². The van der Waals surface area contributed by atoms with E-state index in [9.17, 15) is 0 Å². The zero-order valence-corrected chi connectivity index (χ0v) is 41.9. The van der Waals surface area contributed by atoms with Gasteiger partial charge in [-0.15, -0.1) is 11.3 Å². The van der Waals surface area contributed by atoms with Crippen LogP contribution in [0.1, 0.15) is 52.7 Å². The van der Waals surface area contributed by atoms with Crippen LogP contribution in [-0.4, -0.2) is 9.13 Å². The summed E-state index contributed by atoms with van der Waals surface area (Å²) in [4.78, 5) is 0. The Balaban J connectivity index is 0.945. The molecule has 3 aromatic heterocycles. The molecule has 3 heterocycles. The molecule has 0 spiro atoms. The summed E-state index contributed by atoms with van der Waals surface area (Å²) in [5.41, 5.74) is 19.7. The van der Waals surface area contributed by atoms with Gasteiger partial charge in [-0.25, -0.2) is 0 Å². The van der Waals surface area contributed by atoms with Gasteiger partial charge < -0.3 is 9.13 Å². The number of benzene rings is 10. The van der Waals surface area contributed by atoms with Gasteiger partial charge in [-0.05, 0) is 157 Å². The smallest absolute Gasteiger partial charge is 0.0541 e. The monoisotopic (exact) mass is 930 g/mol. The second kappa shape index (κ2) is 16.3. The van der Waals surface area contributed by atoms with Gasteiger partial charge in [-0.1, -0.05) is 169 Å². The molecule has 71 heavy (non-hydrogen) atoms. The third kappa shape index (κ3) is 7.38. The van der Waals surface area contributed by atoms with Crippen molar-refractivity contribution in [1.82, 2.24) is 9.13 Å². The van der Waals surface area contributed by atoms with Gasteiger partial charge in [0.15, 0.2) is 0 Å². The van der Waals surface area contributed by atoms with Crippen LogP contribution in [-0.2, 0) is 10.8 Å². The molecular formula is C68H54N2S. The molecule has 0 fully saturated rings. The topological polar surface area (TPSA) is 9.86 Å². The number of hydrogen-bond acceptors (Lipinski definition) is 1. The summed E-state index contributed by atoms with van der Waals surface area (Å²) < 4.78 is 7.51. The maximum atomic E-state index is 2.47. The Morgan fingerprint density at radius 2 is 0.662 bits per heavy atom. The molecule has 2 nitrogen and oxygen atoms in total. The zero-order valence-electron chi connectivity index (χ0n) is 41.1. The molecule has 0 saturated heterocycles. The summed E-state index contributed by atoms with van der Waals surface area (Å²) in [7, 11) is 0. The van der Waals surface area contributed by atoms with Crippen molar-refractivity contribution >= 4 is 75.1 Å². The Bertz CT molecular complexity index is 4200. The number of nitrogens with zero attached hydrogens (tertiary/aromatic N) is 2. The van der Waals surface area contributed by atoms with E-state index >= 15 is 0 Å². The molecular weight excluding hydrogens is 877 g/mol. The second-order valence-electron chi connectivity index (χ2n) is 21.4. The first kappa shape index (κ1) is 43.1. The van der Waals surface area contributed by atoms with Crippen LogP contribution in [0, 0.1) is 0 Å². The molecule has 0 saturated carbocycles. The molecule has 0 aliphatic rings. The Morgan fingerprint density at radius 1 is 0.268 bits per heavy atom. The van der Waals surface area contributed by atoms with Gasteiger partial charge in [0.25, 0.3) is 0 Å². The van der Waals surface area contributed by atoms with E-state index in [4.69, 9.17) is 0 Å². The number of aromatic nitrogens is 2. The van der Waals surface area contributed by atoms with Crippen LogP contribution in [0.4, 0.5) is 0 Å². The molecule has 13 aromatic rings. The fourth-order valence-corrected chi connectivity index (χ4v) is 12.0. The Kier molecular flexibility index (Phi) is 9.89. The maximum Gasteiger partial charge on any atom is 0.0541 e. The average Bonchev–Trinajstić information content (AvgIpc) is 4.05. The summed E-state index contributed by atoms with van der Waals surface area (Å²) >= 11 is 1.87. The first-order chi connectivity index (χ1) is 34.4. The van der Waals surface area contributed by atoms with Gasteiger partial charge in [0, 0.05) is 53.1 Å². The number of fused-ring (bicyclic) bond motifs is 9. The lowest BCUT2D eigenvalue weighted by molar-refractivity contribution is 0.590. The molecule has 0 bridgehead atoms. The fourth-order valence-electron chi connectivity index (χ4n) is 11.0. The molecule has 0 N–H and O–H groups in total. The molecule has 0 unspecified atom stereocenters. The molecule has 0 atom stereocenters. The molecule has 0 amide bonds. The van der Waals surface area contributed by atoms with Gasteiger partial charge in [-0.3, -0.25) is 0 Å². The first-order valence-corrected chi connectivity index (χ1v) is 25.7. The predicted molar refractivity (Wildman–Crippen MR) is 307 cm³/mol. The Morgan fingerprint density at radius 3 is 1.14 bits per heavy atom. The summed E-state index contributed by atoms with van der Waals surface area (Å²) in [6.07, 6.45) is 0. The van der Waals surface area contributed by atoms with Crippen LogP contribution in [0.5, 0.6) is 0 Å². The summed E-state index contributed by atoms with van der Waals surface area (Å²) in [5, 5.41) is 7.59. The van der Waals surface area contributed by atoms with Gasteiger partial charge in [0.05, 0.1) is 22.1 Å². The Labute approximate surface area is 419 Å². The molecule has 10 aromatic carbocycles. The molecule has 0 radical (unpaired) electrons. The minimum atomic E-state index is 0.0951. The summed E-state index contributed by atoms with van der Waals surface area (Å²) in [6, 6.07) is 82.0. The third-order valence-electron chi connectivity index (χ3n) is 14.9. The van der Waals surface area contributed by atoms with E-state index < -0.39 is 0 Å². The van der Waals surface area contributed by atoms with Crippen molar-refractivity contribution in [1.29, 1.82) is 0 Å². The fraction of sp³-hybridized carbons (Fsp3) is 0.118. The van der Waals surface area contributed by atoms with E-state index in [0.29, 0.717) is 0 Å². The standard InChI is InChI=1S/C68H54N2S/c1-67(2,3)51-27-19-43(20-28-51)47-23-32-61-56(38-47)58-40-49(25-34-62(58)69(61)53-15-8-7-9-16-53)45-13-12-14-46(37-45)50-26-35-64-59(41-50)57-39-48(44-21-29-52(30-22-44)68(4,5)6)24-33-63(57)70(64)54-31-36-66-60(42-54)55-17-10-11-18-65(55)71-66/h7-42H,1-6H3. The number of thiophene rings is 1. The maximum absolute atomic E-state index is 2.47. The van der Waals surface area contributed by atoms with Crippen molar-refractivity contribution in [3.63, 3.8) is 0 Å². The minimum Gasteiger partial charge on any atom is -0.309 e. The zero-order chi connectivity index (χ0) is 48.2. The van der Waals surface area contributed by atoms with Crippen molar-refractivity contribution in [2.75, 3.05) is 0 Å². The first-order valence-electron chi connectivity index (χ1n) is 24.9. The minimum absolute atomic E-state index is 0.0951. The quantitative estimate of drug-likeness (QED) is 0.157. The average molecular weight is 931 g/mol. The van der Waals surface area contributed by atoms with E-state index in [2.05, 4.69) is 269 Å². The van der Waals surface area contributed by atoms with E-state index in [0.717, 1.165) is 5.69 Å². The van der Waals surface area contributed by atoms with Crippen molar-refractivity contribution in [3.05, 3.63) is 230 Å². The van der Waals surface area contributed by atoms with Crippen LogP contribution >= 0.6 is 11.3 Å². The van der Waals surface area contributed by atoms with Gasteiger partial charge >= 0.3 is 0 Å². The normalized spacial score (nSPS) is 12.4. The SMILES string of the molecule is CC(C)(C)c1ccc(-c2ccc3c(c2)c2cc(-c4cccc(-c5ccc6c(c5)c5cc(-c7ccc(C(C)(C)C)cc7)ccc5n6-c5ccc6sc7ccccc7c6c5)c4)ccc2n3-c2ccccc2)cc1. The molecule has 13 rings (SSSR count). The van der Waals surface area contributed by atoms with Crippen LogP contribution in [0.3, 0.4) is 0 Å². The summed E-state index contributed by atoms with van der Waals surface area (Å²) in [5.74, 6) is 0. The van der Waals surface area contributed by atoms with E-state index in [-0.39, 0.29) is 10.8 Å². The highest BCUT2D eigenvalue weighted by Crippen LogP contribution is 2.42. The molecule has 0 aliphatic heterocycles. The number of rotatable bonds is 6. The highest BCUT2D eigenvalue weighted by molar-refractivity contribution is 7.25. The third-order valence-corrected chi connectivity index (χ3v) is 16.0. The number of para-hydroxylation sites is 1. The van der Waals surface area contributed by atoms with Gasteiger partial charge in [0.1, 0.15) is 0 Å². The predicted octanol–water partition coefficient (Wildman–Crippen LogP) is 19.5. The van der Waals surface area contributed by atoms with E-state index in [1.807, 2.05) is 11.3 Å². The Hall–Kier alpha value is -7.98. The lowest BCUT2D eigenvalue weighted by Gasteiger charge is -2.19. The van der Waals surface area contributed by atoms with Gasteiger partial charge in [-0.2, -0.15) is 0 Å². The van der Waals surface area contributed by atoms with Crippen molar-refractivity contribution in [2.45, 2.75) is 52.4 Å².